The summed E-state index contributed by atoms with van der Waals surface area (Å²) >= 11 is 3.43. The van der Waals surface area contributed by atoms with Crippen molar-refractivity contribution < 1.29 is 19.7 Å². The maximum atomic E-state index is 10.9. The van der Waals surface area contributed by atoms with Crippen molar-refractivity contribution in [2.24, 2.45) is 5.92 Å². The third kappa shape index (κ3) is 3.73. The average molecular weight is 343 g/mol. The number of aryl methyl sites for hydroxylation is 1. The zero-order valence-corrected chi connectivity index (χ0v) is 13.0. The van der Waals surface area contributed by atoms with Gasteiger partial charge in [-0.25, -0.2) is 0 Å². The highest BCUT2D eigenvalue weighted by Gasteiger charge is 2.36. The maximum Gasteiger partial charge on any atom is 0.306 e. The molecule has 0 amide bonds. The van der Waals surface area contributed by atoms with E-state index in [0.29, 0.717) is 31.4 Å². The van der Waals surface area contributed by atoms with Gasteiger partial charge in [0.2, 0.25) is 0 Å². The van der Waals surface area contributed by atoms with Gasteiger partial charge in [-0.2, -0.15) is 0 Å². The van der Waals surface area contributed by atoms with Gasteiger partial charge in [0.15, 0.2) is 0 Å². The zero-order chi connectivity index (χ0) is 14.8. The van der Waals surface area contributed by atoms with Crippen LogP contribution in [0, 0.1) is 12.8 Å². The van der Waals surface area contributed by atoms with E-state index in [0.717, 1.165) is 10.0 Å². The van der Waals surface area contributed by atoms with Crippen molar-refractivity contribution >= 4 is 21.9 Å². The highest BCUT2D eigenvalue weighted by atomic mass is 79.9. The van der Waals surface area contributed by atoms with Crippen molar-refractivity contribution in [2.45, 2.75) is 38.2 Å². The molecule has 1 aliphatic carbocycles. The van der Waals surface area contributed by atoms with Crippen LogP contribution in [0.15, 0.2) is 22.7 Å². The first-order valence-electron chi connectivity index (χ1n) is 6.74. The van der Waals surface area contributed by atoms with Crippen LogP contribution in [0.4, 0.5) is 0 Å². The molecule has 0 heterocycles. The lowest BCUT2D eigenvalue weighted by molar-refractivity contribution is -0.145. The third-order valence-electron chi connectivity index (χ3n) is 3.85. The second-order valence-corrected chi connectivity index (χ2v) is 6.41. The number of hydrogen-bond donors (Lipinski definition) is 2. The molecule has 0 bridgehead atoms. The summed E-state index contributed by atoms with van der Waals surface area (Å²) < 4.78 is 6.55. The molecule has 1 saturated carbocycles. The molecule has 1 aromatic carbocycles. The third-order valence-corrected chi connectivity index (χ3v) is 4.47. The van der Waals surface area contributed by atoms with Gasteiger partial charge in [0.05, 0.1) is 16.0 Å². The lowest BCUT2D eigenvalue weighted by atomic mass is 9.79. The van der Waals surface area contributed by atoms with Crippen molar-refractivity contribution in [1.82, 2.24) is 0 Å². The Labute approximate surface area is 126 Å². The Morgan fingerprint density at radius 2 is 2.10 bits per heavy atom. The van der Waals surface area contributed by atoms with E-state index in [9.17, 15) is 9.90 Å². The number of benzene rings is 1. The summed E-state index contributed by atoms with van der Waals surface area (Å²) in [5, 5.41) is 19.4. The Morgan fingerprint density at radius 3 is 2.65 bits per heavy atom. The summed E-state index contributed by atoms with van der Waals surface area (Å²) in [5.41, 5.74) is 0.209. The summed E-state index contributed by atoms with van der Waals surface area (Å²) in [5.74, 6) is -0.403. The van der Waals surface area contributed by atoms with Crippen molar-refractivity contribution in [3.63, 3.8) is 0 Å². The van der Waals surface area contributed by atoms with Gasteiger partial charge in [-0.15, -0.1) is 0 Å². The van der Waals surface area contributed by atoms with Crippen LogP contribution < -0.4 is 4.74 Å². The van der Waals surface area contributed by atoms with E-state index in [4.69, 9.17) is 9.84 Å². The fraction of sp³-hybridized carbons (Fsp3) is 0.533. The van der Waals surface area contributed by atoms with Gasteiger partial charge in [0.25, 0.3) is 0 Å². The Kier molecular flexibility index (Phi) is 4.70. The average Bonchev–Trinajstić information content (AvgIpc) is 2.38. The fourth-order valence-electron chi connectivity index (χ4n) is 2.48. The number of rotatable bonds is 4. The number of halogens is 1. The van der Waals surface area contributed by atoms with Gasteiger partial charge < -0.3 is 14.9 Å². The largest absolute Gasteiger partial charge is 0.489 e. The van der Waals surface area contributed by atoms with Crippen LogP contribution >= 0.6 is 15.9 Å². The Balaban J connectivity index is 1.92. The van der Waals surface area contributed by atoms with Crippen LogP contribution in [0.5, 0.6) is 5.75 Å². The standard InChI is InChI=1S/C15H19BrO4/c1-10-2-3-13(12(16)8-10)20-9-15(19)6-4-11(5-7-15)14(17)18/h2-3,8,11,19H,4-7,9H2,1H3,(H,17,18). The van der Waals surface area contributed by atoms with Crippen LogP contribution in [0.2, 0.25) is 0 Å². The van der Waals surface area contributed by atoms with Crippen LogP contribution in [-0.4, -0.2) is 28.4 Å². The molecule has 0 spiro atoms. The van der Waals surface area contributed by atoms with E-state index >= 15 is 0 Å². The van der Waals surface area contributed by atoms with E-state index < -0.39 is 11.6 Å². The quantitative estimate of drug-likeness (QED) is 0.881. The van der Waals surface area contributed by atoms with Crippen molar-refractivity contribution in [3.8, 4) is 5.75 Å². The monoisotopic (exact) mass is 342 g/mol. The molecule has 2 rings (SSSR count). The molecule has 0 unspecified atom stereocenters. The van der Waals surface area contributed by atoms with E-state index in [1.807, 2.05) is 25.1 Å². The van der Waals surface area contributed by atoms with Crippen LogP contribution in [0.25, 0.3) is 0 Å². The molecule has 0 atom stereocenters. The van der Waals surface area contributed by atoms with E-state index in [2.05, 4.69) is 15.9 Å². The second-order valence-electron chi connectivity index (χ2n) is 5.56. The lowest BCUT2D eigenvalue weighted by Crippen LogP contribution is -2.41. The Hall–Kier alpha value is -1.07. The molecular formula is C15H19BrO4. The molecule has 0 saturated heterocycles. The van der Waals surface area contributed by atoms with Crippen LogP contribution in [0.3, 0.4) is 0 Å². The molecule has 110 valence electrons. The number of carboxylic acids is 1. The molecule has 0 aliphatic heterocycles. The van der Waals surface area contributed by atoms with Gasteiger partial charge in [0.1, 0.15) is 12.4 Å². The Bertz CT molecular complexity index is 493. The van der Waals surface area contributed by atoms with Gasteiger partial charge >= 0.3 is 5.97 Å². The molecule has 0 radical (unpaired) electrons. The van der Waals surface area contributed by atoms with Gasteiger partial charge in [-0.05, 0) is 66.2 Å². The SMILES string of the molecule is Cc1ccc(OCC2(O)CCC(C(=O)O)CC2)c(Br)c1. The summed E-state index contributed by atoms with van der Waals surface area (Å²) in [6.45, 7) is 2.19. The maximum absolute atomic E-state index is 10.9. The van der Waals surface area contributed by atoms with Crippen molar-refractivity contribution in [1.29, 1.82) is 0 Å². The van der Waals surface area contributed by atoms with Gasteiger partial charge in [0, 0.05) is 0 Å². The molecule has 1 fully saturated rings. The van der Waals surface area contributed by atoms with Crippen molar-refractivity contribution in [3.05, 3.63) is 28.2 Å². The number of aliphatic carboxylic acids is 1. The summed E-state index contributed by atoms with van der Waals surface area (Å²) in [7, 11) is 0. The van der Waals surface area contributed by atoms with Crippen molar-refractivity contribution in [2.75, 3.05) is 6.61 Å². The van der Waals surface area contributed by atoms with E-state index in [-0.39, 0.29) is 12.5 Å². The molecule has 4 nitrogen and oxygen atoms in total. The highest BCUT2D eigenvalue weighted by Crippen LogP contribution is 2.34. The first-order valence-corrected chi connectivity index (χ1v) is 7.53. The molecule has 20 heavy (non-hydrogen) atoms. The number of hydrogen-bond acceptors (Lipinski definition) is 3. The minimum atomic E-state index is -0.920. The first kappa shape index (κ1) is 15.3. The molecule has 1 aliphatic rings. The molecular weight excluding hydrogens is 324 g/mol. The number of ether oxygens (including phenoxy) is 1. The lowest BCUT2D eigenvalue weighted by Gasteiger charge is -2.34. The molecule has 5 heteroatoms. The smallest absolute Gasteiger partial charge is 0.306 e. The summed E-state index contributed by atoms with van der Waals surface area (Å²) in [4.78, 5) is 10.9. The predicted molar refractivity (Wildman–Crippen MR) is 78.9 cm³/mol. The number of carboxylic acid groups (broad SMARTS) is 1. The van der Waals surface area contributed by atoms with E-state index in [1.165, 1.54) is 0 Å². The second kappa shape index (κ2) is 6.14. The van der Waals surface area contributed by atoms with Gasteiger partial charge in [-0.1, -0.05) is 6.07 Å². The molecule has 1 aromatic rings. The topological polar surface area (TPSA) is 66.8 Å². The van der Waals surface area contributed by atoms with Crippen LogP contribution in [-0.2, 0) is 4.79 Å². The normalized spacial score (nSPS) is 26.2. The highest BCUT2D eigenvalue weighted by molar-refractivity contribution is 9.10. The zero-order valence-electron chi connectivity index (χ0n) is 11.4. The predicted octanol–water partition coefficient (Wildman–Crippen LogP) is 3.14. The molecule has 0 aromatic heterocycles. The summed E-state index contributed by atoms with van der Waals surface area (Å²) in [6.07, 6.45) is 1.94. The summed E-state index contributed by atoms with van der Waals surface area (Å²) in [6, 6.07) is 5.78. The van der Waals surface area contributed by atoms with Crippen LogP contribution in [0.1, 0.15) is 31.2 Å². The van der Waals surface area contributed by atoms with E-state index in [1.54, 1.807) is 0 Å². The minimum Gasteiger partial charge on any atom is -0.489 e. The fourth-order valence-corrected chi connectivity index (χ4v) is 3.09. The minimum absolute atomic E-state index is 0.195. The van der Waals surface area contributed by atoms with Gasteiger partial charge in [-0.3, -0.25) is 4.79 Å². The molecule has 2 N–H and O–H groups in total. The number of aliphatic hydroxyl groups is 1. The Morgan fingerprint density at radius 1 is 1.45 bits per heavy atom. The number of carbonyl (C=O) groups is 1. The first-order chi connectivity index (χ1) is 9.39.